The second-order valence-electron chi connectivity index (χ2n) is 8.92. The summed E-state index contributed by atoms with van der Waals surface area (Å²) in [5.41, 5.74) is 3.05. The Bertz CT molecular complexity index is 1100. The first-order valence-corrected chi connectivity index (χ1v) is 10.6. The van der Waals surface area contributed by atoms with Crippen molar-refractivity contribution in [1.29, 1.82) is 0 Å². The third-order valence-electron chi connectivity index (χ3n) is 6.19. The molecule has 6 heteroatoms. The van der Waals surface area contributed by atoms with Gasteiger partial charge >= 0.3 is 0 Å². The molecule has 0 spiro atoms. The van der Waals surface area contributed by atoms with Gasteiger partial charge < -0.3 is 4.90 Å². The first-order chi connectivity index (χ1) is 14.7. The zero-order valence-electron chi connectivity index (χ0n) is 18.2. The summed E-state index contributed by atoms with van der Waals surface area (Å²) in [6.07, 6.45) is 1.04. The van der Waals surface area contributed by atoms with Crippen LogP contribution in [0.2, 0.25) is 0 Å². The van der Waals surface area contributed by atoms with Crippen LogP contribution >= 0.6 is 0 Å². The van der Waals surface area contributed by atoms with E-state index in [1.54, 1.807) is 0 Å². The number of hydrogen-bond donors (Lipinski definition) is 0. The molecule has 2 aliphatic rings. The van der Waals surface area contributed by atoms with Gasteiger partial charge in [0.15, 0.2) is 0 Å². The number of likely N-dealkylation sites (tertiary alicyclic amines) is 1. The van der Waals surface area contributed by atoms with Crippen molar-refractivity contribution < 1.29 is 18.4 Å². The van der Waals surface area contributed by atoms with Crippen molar-refractivity contribution in [3.63, 3.8) is 0 Å². The number of imide groups is 1. The lowest BCUT2D eigenvalue weighted by molar-refractivity contribution is -0.121. The quantitative estimate of drug-likeness (QED) is 0.662. The zero-order valence-corrected chi connectivity index (χ0v) is 18.2. The van der Waals surface area contributed by atoms with Gasteiger partial charge in [-0.15, -0.1) is 0 Å². The van der Waals surface area contributed by atoms with E-state index in [0.29, 0.717) is 42.3 Å². The number of rotatable bonds is 3. The van der Waals surface area contributed by atoms with Gasteiger partial charge in [-0.3, -0.25) is 9.59 Å². The summed E-state index contributed by atoms with van der Waals surface area (Å²) in [4.78, 5) is 29.9. The van der Waals surface area contributed by atoms with Crippen molar-refractivity contribution in [2.75, 3.05) is 18.0 Å². The molecule has 2 atom stereocenters. The summed E-state index contributed by atoms with van der Waals surface area (Å²) >= 11 is 0. The molecule has 0 N–H and O–H groups in total. The Morgan fingerprint density at radius 2 is 1.55 bits per heavy atom. The Hall–Kier alpha value is -3.02. The van der Waals surface area contributed by atoms with Crippen molar-refractivity contribution in [3.05, 3.63) is 70.4 Å². The molecule has 31 heavy (non-hydrogen) atoms. The fourth-order valence-corrected chi connectivity index (χ4v) is 4.70. The molecule has 2 aromatic rings. The molecule has 2 heterocycles. The van der Waals surface area contributed by atoms with Crippen molar-refractivity contribution in [2.24, 2.45) is 11.8 Å². The van der Waals surface area contributed by atoms with Crippen LogP contribution in [0.3, 0.4) is 0 Å². The summed E-state index contributed by atoms with van der Waals surface area (Å²) in [7, 11) is 0. The average molecular weight is 424 g/mol. The minimum absolute atomic E-state index is 0.231. The Balaban J connectivity index is 1.87. The van der Waals surface area contributed by atoms with E-state index in [1.807, 2.05) is 36.9 Å². The molecule has 1 saturated heterocycles. The fraction of sp³-hybridized carbons (Fsp3) is 0.360. The van der Waals surface area contributed by atoms with Crippen molar-refractivity contribution in [3.8, 4) is 0 Å². The van der Waals surface area contributed by atoms with Crippen molar-refractivity contribution in [2.45, 2.75) is 34.1 Å². The molecular formula is C25H26F2N2O2. The molecule has 0 saturated carbocycles. The molecule has 162 valence electrons. The van der Waals surface area contributed by atoms with Crippen molar-refractivity contribution >= 4 is 23.1 Å². The number of amides is 2. The smallest absolute Gasteiger partial charge is 0.282 e. The Kier molecular flexibility index (Phi) is 5.42. The van der Waals surface area contributed by atoms with E-state index in [9.17, 15) is 18.4 Å². The van der Waals surface area contributed by atoms with Gasteiger partial charge in [0.1, 0.15) is 17.3 Å². The molecular weight excluding hydrogens is 398 g/mol. The van der Waals surface area contributed by atoms with Crippen molar-refractivity contribution in [1.82, 2.24) is 4.90 Å². The minimum atomic E-state index is -0.942. The number of benzene rings is 2. The predicted octanol–water partition coefficient (Wildman–Crippen LogP) is 4.84. The first kappa shape index (κ1) is 21.2. The second-order valence-corrected chi connectivity index (χ2v) is 8.92. The number of carbonyl (C=O) groups is 2. The first-order valence-electron chi connectivity index (χ1n) is 10.6. The van der Waals surface area contributed by atoms with E-state index in [4.69, 9.17) is 0 Å². The van der Waals surface area contributed by atoms with Gasteiger partial charge in [-0.05, 0) is 60.9 Å². The van der Waals surface area contributed by atoms with E-state index >= 15 is 0 Å². The highest BCUT2D eigenvalue weighted by Crippen LogP contribution is 2.38. The number of halogens is 2. The Labute approximate surface area is 181 Å². The summed E-state index contributed by atoms with van der Waals surface area (Å²) in [6.45, 7) is 9.46. The highest BCUT2D eigenvalue weighted by Gasteiger charge is 2.44. The van der Waals surface area contributed by atoms with Crippen LogP contribution in [-0.2, 0) is 9.59 Å². The maximum absolute atomic E-state index is 14.6. The van der Waals surface area contributed by atoms with Gasteiger partial charge in [-0.2, -0.15) is 0 Å². The lowest BCUT2D eigenvalue weighted by Crippen LogP contribution is -2.42. The molecule has 0 bridgehead atoms. The lowest BCUT2D eigenvalue weighted by atomic mass is 9.90. The average Bonchev–Trinajstić information content (AvgIpc) is 2.94. The molecule has 2 aromatic carbocycles. The predicted molar refractivity (Wildman–Crippen MR) is 116 cm³/mol. The Morgan fingerprint density at radius 1 is 0.871 bits per heavy atom. The molecule has 1 fully saturated rings. The zero-order chi connectivity index (χ0) is 22.4. The molecule has 0 aromatic heterocycles. The normalized spacial score (nSPS) is 22.0. The van der Waals surface area contributed by atoms with Gasteiger partial charge in [-0.1, -0.05) is 32.0 Å². The summed E-state index contributed by atoms with van der Waals surface area (Å²) in [6, 6.07) is 8.51. The number of anilines is 1. The number of carbonyl (C=O) groups excluding carboxylic acids is 2. The molecule has 4 nitrogen and oxygen atoms in total. The summed E-state index contributed by atoms with van der Waals surface area (Å²) in [5.74, 6) is -2.14. The fourth-order valence-electron chi connectivity index (χ4n) is 4.70. The van der Waals surface area contributed by atoms with Crippen LogP contribution in [0.5, 0.6) is 0 Å². The van der Waals surface area contributed by atoms with Crippen LogP contribution in [-0.4, -0.2) is 29.8 Å². The highest BCUT2D eigenvalue weighted by molar-refractivity contribution is 6.45. The largest absolute Gasteiger partial charge is 0.366 e. The number of hydrogen-bond acceptors (Lipinski definition) is 3. The number of nitrogens with zero attached hydrogens (tertiary/aromatic N) is 2. The molecule has 2 unspecified atom stereocenters. The van der Waals surface area contributed by atoms with E-state index in [-0.39, 0.29) is 11.3 Å². The van der Waals surface area contributed by atoms with Crippen LogP contribution < -0.4 is 4.90 Å². The third-order valence-corrected chi connectivity index (χ3v) is 6.19. The van der Waals surface area contributed by atoms with Gasteiger partial charge in [0, 0.05) is 19.2 Å². The maximum Gasteiger partial charge on any atom is 0.282 e. The second kappa shape index (κ2) is 7.91. The van der Waals surface area contributed by atoms with Crippen LogP contribution in [0.4, 0.5) is 14.5 Å². The third kappa shape index (κ3) is 3.75. The lowest BCUT2D eigenvalue weighted by Gasteiger charge is -2.37. The Morgan fingerprint density at radius 3 is 2.16 bits per heavy atom. The topological polar surface area (TPSA) is 40.6 Å². The molecule has 0 radical (unpaired) electrons. The SMILES string of the molecule is Cc1ccc(C2=C(N3CC(C)CC(C)C3)C(=O)N(c3ccc(F)cc3F)C2=O)cc1C. The maximum atomic E-state index is 14.6. The van der Waals surface area contributed by atoms with E-state index in [2.05, 4.69) is 13.8 Å². The summed E-state index contributed by atoms with van der Waals surface area (Å²) in [5, 5.41) is 0. The molecule has 4 rings (SSSR count). The molecule has 2 amide bonds. The van der Waals surface area contributed by atoms with Crippen LogP contribution in [0.25, 0.3) is 5.57 Å². The van der Waals surface area contributed by atoms with Crippen LogP contribution in [0, 0.1) is 37.3 Å². The van der Waals surface area contributed by atoms with Crippen LogP contribution in [0.15, 0.2) is 42.1 Å². The van der Waals surface area contributed by atoms with Gasteiger partial charge in [0.05, 0.1) is 11.3 Å². The van der Waals surface area contributed by atoms with E-state index < -0.39 is 23.4 Å². The number of aryl methyl sites for hydroxylation is 2. The molecule has 2 aliphatic heterocycles. The standard InChI is InChI=1S/C25H26F2N2O2/c1-14-9-15(2)13-28(12-14)23-22(18-6-5-16(3)17(4)10-18)24(30)29(25(23)31)21-8-7-19(26)11-20(21)27/h5-8,10-11,14-15H,9,12-13H2,1-4H3. The molecule has 0 aliphatic carbocycles. The monoisotopic (exact) mass is 424 g/mol. The van der Waals surface area contributed by atoms with Gasteiger partial charge in [0.2, 0.25) is 0 Å². The highest BCUT2D eigenvalue weighted by atomic mass is 19.1. The summed E-state index contributed by atoms with van der Waals surface area (Å²) < 4.78 is 28.0. The van der Waals surface area contributed by atoms with E-state index in [1.165, 1.54) is 0 Å². The van der Waals surface area contributed by atoms with E-state index in [0.717, 1.165) is 34.6 Å². The number of piperidine rings is 1. The van der Waals surface area contributed by atoms with Crippen LogP contribution in [0.1, 0.15) is 37.0 Å². The van der Waals surface area contributed by atoms with Gasteiger partial charge in [-0.25, -0.2) is 13.7 Å². The van der Waals surface area contributed by atoms with Gasteiger partial charge in [0.25, 0.3) is 11.8 Å². The minimum Gasteiger partial charge on any atom is -0.366 e.